The summed E-state index contributed by atoms with van der Waals surface area (Å²) in [4.78, 5) is 28.0. The highest BCUT2D eigenvalue weighted by Gasteiger charge is 2.13. The molecule has 1 N–H and O–H groups in total. The van der Waals surface area contributed by atoms with Gasteiger partial charge in [0.05, 0.1) is 18.7 Å². The number of fused-ring (bicyclic) bond motifs is 1. The fourth-order valence-corrected chi connectivity index (χ4v) is 3.70. The molecule has 0 aliphatic carbocycles. The molecule has 1 amide bonds. The molecule has 0 atom stereocenters. The number of anilines is 1. The molecule has 0 aliphatic heterocycles. The standard InChI is InChI=1S/C26H23N9O2/c1-17(2)19-7-5-18(6-8-19)12-25(36)30-24-9-11-34(32-24)16-21-13-23(20(14-27)15-29-21)37-35-26-22(31-33-35)4-3-10-28-26/h3-11,13,15,17H,12,16H2,1-2H3,(H,30,32,36). The van der Waals surface area contributed by atoms with Gasteiger partial charge in [-0.1, -0.05) is 43.0 Å². The normalized spacial score (nSPS) is 11.0. The first kappa shape index (κ1) is 23.6. The number of benzene rings is 1. The Kier molecular flexibility index (Phi) is 6.54. The quantitative estimate of drug-likeness (QED) is 0.347. The average molecular weight is 494 g/mol. The molecule has 11 nitrogen and oxygen atoms in total. The van der Waals surface area contributed by atoms with Gasteiger partial charge in [0.25, 0.3) is 0 Å². The van der Waals surface area contributed by atoms with Crippen molar-refractivity contribution in [3.8, 4) is 11.8 Å². The SMILES string of the molecule is CC(C)c1ccc(CC(=O)Nc2ccn(Cc3cc(On4nnc5cccnc54)c(C#N)cn3)n2)cc1. The lowest BCUT2D eigenvalue weighted by Gasteiger charge is -2.08. The van der Waals surface area contributed by atoms with Crippen LogP contribution in [0.1, 0.15) is 42.1 Å². The summed E-state index contributed by atoms with van der Waals surface area (Å²) in [5.74, 6) is 0.992. The number of carbonyl (C=O) groups is 1. The molecule has 0 spiro atoms. The monoisotopic (exact) mass is 493 g/mol. The van der Waals surface area contributed by atoms with Gasteiger partial charge in [0, 0.05) is 30.7 Å². The average Bonchev–Trinajstić information content (AvgIpc) is 3.51. The summed E-state index contributed by atoms with van der Waals surface area (Å²) in [5.41, 5.74) is 3.99. The van der Waals surface area contributed by atoms with E-state index >= 15 is 0 Å². The largest absolute Gasteiger partial charge is 0.353 e. The molecule has 0 saturated carbocycles. The zero-order valence-corrected chi connectivity index (χ0v) is 20.2. The summed E-state index contributed by atoms with van der Waals surface area (Å²) in [7, 11) is 0. The maximum Gasteiger partial charge on any atom is 0.229 e. The van der Waals surface area contributed by atoms with Gasteiger partial charge < -0.3 is 10.2 Å². The first-order chi connectivity index (χ1) is 18.0. The molecule has 4 heterocycles. The molecule has 11 heteroatoms. The first-order valence-corrected chi connectivity index (χ1v) is 11.6. The Morgan fingerprint density at radius 3 is 2.78 bits per heavy atom. The number of aromatic nitrogens is 7. The predicted octanol–water partition coefficient (Wildman–Crippen LogP) is 3.48. The van der Waals surface area contributed by atoms with Crippen LogP contribution in [0.15, 0.2) is 67.1 Å². The topological polar surface area (TPSA) is 136 Å². The van der Waals surface area contributed by atoms with Gasteiger partial charge in [-0.05, 0) is 34.4 Å². The summed E-state index contributed by atoms with van der Waals surface area (Å²) in [6, 6.07) is 17.0. The minimum Gasteiger partial charge on any atom is -0.353 e. The van der Waals surface area contributed by atoms with Crippen molar-refractivity contribution >= 4 is 22.9 Å². The molecule has 5 rings (SSSR count). The van der Waals surface area contributed by atoms with Gasteiger partial charge in [0.1, 0.15) is 17.1 Å². The third-order valence-electron chi connectivity index (χ3n) is 5.65. The molecule has 0 aliphatic rings. The van der Waals surface area contributed by atoms with Crippen molar-refractivity contribution in [1.29, 1.82) is 5.26 Å². The summed E-state index contributed by atoms with van der Waals surface area (Å²) in [6.07, 6.45) is 5.02. The van der Waals surface area contributed by atoms with Crippen molar-refractivity contribution in [2.75, 3.05) is 5.32 Å². The van der Waals surface area contributed by atoms with E-state index in [0.29, 0.717) is 35.1 Å². The van der Waals surface area contributed by atoms with Gasteiger partial charge in [-0.2, -0.15) is 10.4 Å². The molecule has 0 bridgehead atoms. The van der Waals surface area contributed by atoms with Crippen molar-refractivity contribution in [3.05, 3.63) is 89.5 Å². The third kappa shape index (κ3) is 5.43. The van der Waals surface area contributed by atoms with Crippen LogP contribution in [0.25, 0.3) is 11.2 Å². The maximum atomic E-state index is 12.5. The third-order valence-corrected chi connectivity index (χ3v) is 5.65. The molecule has 0 saturated heterocycles. The molecule has 1 aromatic carbocycles. The second-order valence-electron chi connectivity index (χ2n) is 8.70. The van der Waals surface area contributed by atoms with Crippen LogP contribution in [-0.2, 0) is 17.8 Å². The van der Waals surface area contributed by atoms with Crippen LogP contribution in [0.2, 0.25) is 0 Å². The second kappa shape index (κ2) is 10.2. The molecule has 5 aromatic rings. The van der Waals surface area contributed by atoms with Gasteiger partial charge in [0.15, 0.2) is 11.6 Å². The van der Waals surface area contributed by atoms with Gasteiger partial charge in [0.2, 0.25) is 11.6 Å². The van der Waals surface area contributed by atoms with Crippen LogP contribution >= 0.6 is 0 Å². The zero-order valence-electron chi connectivity index (χ0n) is 20.2. The Morgan fingerprint density at radius 1 is 1.16 bits per heavy atom. The Hall–Kier alpha value is -5.11. The summed E-state index contributed by atoms with van der Waals surface area (Å²) in [5, 5.41) is 24.7. The zero-order chi connectivity index (χ0) is 25.8. The first-order valence-electron chi connectivity index (χ1n) is 11.6. The fraction of sp³-hybridized carbons (Fsp3) is 0.192. The van der Waals surface area contributed by atoms with Crippen LogP contribution in [0.4, 0.5) is 5.82 Å². The summed E-state index contributed by atoms with van der Waals surface area (Å²) < 4.78 is 1.64. The van der Waals surface area contributed by atoms with E-state index in [9.17, 15) is 10.1 Å². The number of hydrogen-bond donors (Lipinski definition) is 1. The number of hydrogen-bond acceptors (Lipinski definition) is 8. The van der Waals surface area contributed by atoms with Crippen LogP contribution in [-0.4, -0.2) is 40.8 Å². The molecular weight excluding hydrogens is 470 g/mol. The van der Waals surface area contributed by atoms with Crippen LogP contribution in [0, 0.1) is 11.3 Å². The van der Waals surface area contributed by atoms with Crippen molar-refractivity contribution in [2.45, 2.75) is 32.7 Å². The Bertz CT molecular complexity index is 1600. The molecule has 0 unspecified atom stereocenters. The highest BCUT2D eigenvalue weighted by Crippen LogP contribution is 2.20. The number of rotatable bonds is 8. The van der Waals surface area contributed by atoms with E-state index in [-0.39, 0.29) is 23.6 Å². The smallest absolute Gasteiger partial charge is 0.229 e. The number of amides is 1. The fourth-order valence-electron chi connectivity index (χ4n) is 3.70. The highest BCUT2D eigenvalue weighted by molar-refractivity contribution is 5.91. The number of pyridine rings is 2. The Morgan fingerprint density at radius 2 is 2.00 bits per heavy atom. The van der Waals surface area contributed by atoms with Crippen LogP contribution in [0.3, 0.4) is 0 Å². The van der Waals surface area contributed by atoms with E-state index in [1.54, 1.807) is 41.3 Å². The lowest BCUT2D eigenvalue weighted by Crippen LogP contribution is -2.15. The van der Waals surface area contributed by atoms with Crippen molar-refractivity contribution in [2.24, 2.45) is 0 Å². The molecule has 4 aromatic heterocycles. The van der Waals surface area contributed by atoms with E-state index in [1.807, 2.05) is 24.3 Å². The van der Waals surface area contributed by atoms with Gasteiger partial charge in [-0.3, -0.25) is 14.5 Å². The van der Waals surface area contributed by atoms with E-state index in [1.165, 1.54) is 11.8 Å². The lowest BCUT2D eigenvalue weighted by molar-refractivity contribution is -0.115. The molecule has 0 radical (unpaired) electrons. The maximum absolute atomic E-state index is 12.5. The van der Waals surface area contributed by atoms with Crippen LogP contribution in [0.5, 0.6) is 5.75 Å². The van der Waals surface area contributed by atoms with E-state index in [0.717, 1.165) is 10.4 Å². The summed E-state index contributed by atoms with van der Waals surface area (Å²) in [6.45, 7) is 4.57. The van der Waals surface area contributed by atoms with E-state index in [4.69, 9.17) is 4.84 Å². The van der Waals surface area contributed by atoms with E-state index < -0.39 is 0 Å². The molecular formula is C26H23N9O2. The minimum absolute atomic E-state index is 0.150. The van der Waals surface area contributed by atoms with Crippen molar-refractivity contribution in [1.82, 2.24) is 34.9 Å². The number of nitriles is 1. The van der Waals surface area contributed by atoms with Crippen molar-refractivity contribution < 1.29 is 9.63 Å². The molecule has 184 valence electrons. The van der Waals surface area contributed by atoms with Gasteiger partial charge in [-0.25, -0.2) is 4.98 Å². The minimum atomic E-state index is -0.150. The lowest BCUT2D eigenvalue weighted by atomic mass is 10.0. The Labute approximate surface area is 212 Å². The van der Waals surface area contributed by atoms with Crippen molar-refractivity contribution in [3.63, 3.8) is 0 Å². The number of nitrogens with zero attached hydrogens (tertiary/aromatic N) is 8. The highest BCUT2D eigenvalue weighted by atomic mass is 16.7. The Balaban J connectivity index is 1.25. The number of carbonyl (C=O) groups excluding carboxylic acids is 1. The molecule has 37 heavy (non-hydrogen) atoms. The van der Waals surface area contributed by atoms with Gasteiger partial charge >= 0.3 is 0 Å². The molecule has 0 fully saturated rings. The van der Waals surface area contributed by atoms with E-state index in [2.05, 4.69) is 50.6 Å². The van der Waals surface area contributed by atoms with Gasteiger partial charge in [-0.15, -0.1) is 5.10 Å². The predicted molar refractivity (Wildman–Crippen MR) is 134 cm³/mol. The number of nitrogens with one attached hydrogen (secondary N) is 1. The second-order valence-corrected chi connectivity index (χ2v) is 8.70. The van der Waals surface area contributed by atoms with Crippen LogP contribution < -0.4 is 10.2 Å². The summed E-state index contributed by atoms with van der Waals surface area (Å²) >= 11 is 0.